The minimum absolute atomic E-state index is 0.0526. The fourth-order valence-electron chi connectivity index (χ4n) is 2.96. The molecule has 1 atom stereocenters. The Labute approximate surface area is 198 Å². The summed E-state index contributed by atoms with van der Waals surface area (Å²) in [5.74, 6) is 0.0883. The summed E-state index contributed by atoms with van der Waals surface area (Å²) in [5, 5.41) is 25.7. The number of nitro groups is 1. The number of carbonyl (C=O) groups excluding carboxylic acids is 2. The molecule has 33 heavy (non-hydrogen) atoms. The third-order valence-electron chi connectivity index (χ3n) is 4.60. The third kappa shape index (κ3) is 6.30. The standard InChI is InChI=1S/C21H21ClN6O4S/c1-3-27-19(13(2)23-20(30)14-4-6-15(22)7-5-14)25-26-21(27)33-12-18(29)24-16-8-10-17(11-9-16)28(31)32/h4-11,13H,3,12H2,1-2H3,(H,23,30)(H,24,29)/t13-/m1/s1. The zero-order valence-corrected chi connectivity index (χ0v) is 19.4. The van der Waals surface area contributed by atoms with Crippen LogP contribution < -0.4 is 10.6 Å². The van der Waals surface area contributed by atoms with Gasteiger partial charge in [-0.15, -0.1) is 10.2 Å². The highest BCUT2D eigenvalue weighted by molar-refractivity contribution is 7.99. The molecule has 0 radical (unpaired) electrons. The number of halogens is 1. The van der Waals surface area contributed by atoms with Crippen molar-refractivity contribution < 1.29 is 14.5 Å². The van der Waals surface area contributed by atoms with Crippen LogP contribution in [0.5, 0.6) is 0 Å². The van der Waals surface area contributed by atoms with Crippen LogP contribution in [0.25, 0.3) is 0 Å². The first-order chi connectivity index (χ1) is 15.8. The van der Waals surface area contributed by atoms with Gasteiger partial charge in [-0.3, -0.25) is 19.7 Å². The Morgan fingerprint density at radius 3 is 2.42 bits per heavy atom. The van der Waals surface area contributed by atoms with E-state index in [0.717, 1.165) is 0 Å². The zero-order chi connectivity index (χ0) is 24.0. The summed E-state index contributed by atoms with van der Waals surface area (Å²) < 4.78 is 1.83. The van der Waals surface area contributed by atoms with E-state index in [9.17, 15) is 19.7 Å². The number of carbonyl (C=O) groups is 2. The lowest BCUT2D eigenvalue weighted by atomic mass is 10.2. The molecule has 172 valence electrons. The first kappa shape index (κ1) is 24.2. The fraction of sp³-hybridized carbons (Fsp3) is 0.238. The Hall–Kier alpha value is -3.44. The third-order valence-corrected chi connectivity index (χ3v) is 5.82. The van der Waals surface area contributed by atoms with Crippen molar-refractivity contribution in [1.82, 2.24) is 20.1 Å². The van der Waals surface area contributed by atoms with E-state index in [1.807, 2.05) is 11.5 Å². The molecule has 2 amide bonds. The summed E-state index contributed by atoms with van der Waals surface area (Å²) in [7, 11) is 0. The van der Waals surface area contributed by atoms with Crippen LogP contribution in [0.3, 0.4) is 0 Å². The molecule has 3 rings (SSSR count). The number of anilines is 1. The highest BCUT2D eigenvalue weighted by Crippen LogP contribution is 2.22. The lowest BCUT2D eigenvalue weighted by Crippen LogP contribution is -2.28. The Morgan fingerprint density at radius 1 is 1.15 bits per heavy atom. The zero-order valence-electron chi connectivity index (χ0n) is 17.8. The van der Waals surface area contributed by atoms with Gasteiger partial charge < -0.3 is 15.2 Å². The fourth-order valence-corrected chi connectivity index (χ4v) is 3.90. The number of nitrogens with zero attached hydrogens (tertiary/aromatic N) is 4. The van der Waals surface area contributed by atoms with Gasteiger partial charge in [-0.05, 0) is 50.2 Å². The average molecular weight is 489 g/mol. The Balaban J connectivity index is 1.60. The smallest absolute Gasteiger partial charge is 0.269 e. The van der Waals surface area contributed by atoms with E-state index in [1.54, 1.807) is 31.2 Å². The summed E-state index contributed by atoms with van der Waals surface area (Å²) >= 11 is 7.07. The minimum Gasteiger partial charge on any atom is -0.342 e. The maximum Gasteiger partial charge on any atom is 0.269 e. The van der Waals surface area contributed by atoms with Crippen molar-refractivity contribution >= 4 is 46.6 Å². The Bertz CT molecular complexity index is 1150. The molecule has 0 aliphatic heterocycles. The summed E-state index contributed by atoms with van der Waals surface area (Å²) in [6.45, 7) is 4.27. The van der Waals surface area contributed by atoms with Crippen molar-refractivity contribution in [1.29, 1.82) is 0 Å². The minimum atomic E-state index is -0.504. The molecule has 2 aromatic carbocycles. The summed E-state index contributed by atoms with van der Waals surface area (Å²) in [6.07, 6.45) is 0. The first-order valence-corrected chi connectivity index (χ1v) is 11.3. The van der Waals surface area contributed by atoms with Crippen molar-refractivity contribution in [3.8, 4) is 0 Å². The number of amides is 2. The molecular weight excluding hydrogens is 468 g/mol. The molecule has 1 aromatic heterocycles. The predicted octanol–water partition coefficient (Wildman–Crippen LogP) is 4.08. The lowest BCUT2D eigenvalue weighted by molar-refractivity contribution is -0.384. The van der Waals surface area contributed by atoms with E-state index in [2.05, 4.69) is 20.8 Å². The van der Waals surface area contributed by atoms with Gasteiger partial charge in [0, 0.05) is 35.0 Å². The van der Waals surface area contributed by atoms with Gasteiger partial charge in [0.1, 0.15) is 0 Å². The number of aromatic nitrogens is 3. The molecule has 10 nitrogen and oxygen atoms in total. The highest BCUT2D eigenvalue weighted by atomic mass is 35.5. The Kier molecular flexibility index (Phi) is 8.01. The maximum atomic E-state index is 12.5. The van der Waals surface area contributed by atoms with Crippen LogP contribution in [-0.4, -0.2) is 37.3 Å². The van der Waals surface area contributed by atoms with Crippen molar-refractivity contribution in [2.24, 2.45) is 0 Å². The topological polar surface area (TPSA) is 132 Å². The quantitative estimate of drug-likeness (QED) is 0.263. The van der Waals surface area contributed by atoms with Crippen LogP contribution in [-0.2, 0) is 11.3 Å². The van der Waals surface area contributed by atoms with E-state index in [-0.39, 0.29) is 23.3 Å². The number of rotatable bonds is 9. The lowest BCUT2D eigenvalue weighted by Gasteiger charge is -2.15. The van der Waals surface area contributed by atoms with Gasteiger partial charge in [0.05, 0.1) is 16.7 Å². The van der Waals surface area contributed by atoms with Crippen LogP contribution in [0.4, 0.5) is 11.4 Å². The van der Waals surface area contributed by atoms with Gasteiger partial charge in [-0.1, -0.05) is 23.4 Å². The molecular formula is C21H21ClN6O4S. The molecule has 0 saturated carbocycles. The molecule has 0 unspecified atom stereocenters. The number of non-ortho nitro benzene ring substituents is 1. The molecule has 0 bridgehead atoms. The predicted molar refractivity (Wildman–Crippen MR) is 125 cm³/mol. The van der Waals surface area contributed by atoms with Gasteiger partial charge in [0.2, 0.25) is 5.91 Å². The van der Waals surface area contributed by atoms with Gasteiger partial charge >= 0.3 is 0 Å². The van der Waals surface area contributed by atoms with Gasteiger partial charge in [-0.2, -0.15) is 0 Å². The van der Waals surface area contributed by atoms with Gasteiger partial charge in [-0.25, -0.2) is 0 Å². The summed E-state index contributed by atoms with van der Waals surface area (Å²) in [5.41, 5.74) is 0.886. The largest absolute Gasteiger partial charge is 0.342 e. The molecule has 2 N–H and O–H groups in total. The van der Waals surface area contributed by atoms with Gasteiger partial charge in [0.15, 0.2) is 11.0 Å². The molecule has 1 heterocycles. The first-order valence-electron chi connectivity index (χ1n) is 9.95. The number of nitro benzene ring substituents is 1. The molecule has 0 fully saturated rings. The highest BCUT2D eigenvalue weighted by Gasteiger charge is 2.20. The molecule has 0 aliphatic carbocycles. The summed E-state index contributed by atoms with van der Waals surface area (Å²) in [4.78, 5) is 35.0. The van der Waals surface area contributed by atoms with Crippen LogP contribution >= 0.6 is 23.4 Å². The molecule has 12 heteroatoms. The van der Waals surface area contributed by atoms with Crippen LogP contribution in [0, 0.1) is 10.1 Å². The maximum absolute atomic E-state index is 12.5. The van der Waals surface area contributed by atoms with Gasteiger partial charge in [0.25, 0.3) is 11.6 Å². The second-order valence-corrected chi connectivity index (χ2v) is 8.31. The van der Waals surface area contributed by atoms with Crippen LogP contribution in [0.2, 0.25) is 5.02 Å². The second kappa shape index (κ2) is 10.9. The van der Waals surface area contributed by atoms with Crippen molar-refractivity contribution in [3.05, 3.63) is 75.1 Å². The number of thioether (sulfide) groups is 1. The number of nitrogens with one attached hydrogen (secondary N) is 2. The average Bonchev–Trinajstić information content (AvgIpc) is 3.21. The van der Waals surface area contributed by atoms with Crippen molar-refractivity contribution in [2.75, 3.05) is 11.1 Å². The number of benzene rings is 2. The van der Waals surface area contributed by atoms with E-state index in [1.165, 1.54) is 36.0 Å². The SMILES string of the molecule is CCn1c(SCC(=O)Nc2ccc([N+](=O)[O-])cc2)nnc1[C@@H](C)NC(=O)c1ccc(Cl)cc1. The molecule has 0 saturated heterocycles. The molecule has 0 spiro atoms. The van der Waals surface area contributed by atoms with Crippen molar-refractivity contribution in [2.45, 2.75) is 31.6 Å². The molecule has 3 aromatic rings. The Morgan fingerprint density at radius 2 is 1.82 bits per heavy atom. The van der Waals surface area contributed by atoms with E-state index in [4.69, 9.17) is 11.6 Å². The second-order valence-electron chi connectivity index (χ2n) is 6.93. The molecule has 0 aliphatic rings. The van der Waals surface area contributed by atoms with Crippen LogP contribution in [0.1, 0.15) is 36.1 Å². The summed E-state index contributed by atoms with van der Waals surface area (Å²) in [6, 6.07) is 11.7. The normalized spacial score (nSPS) is 11.6. The monoisotopic (exact) mass is 488 g/mol. The van der Waals surface area contributed by atoms with Crippen molar-refractivity contribution in [3.63, 3.8) is 0 Å². The number of hydrogen-bond acceptors (Lipinski definition) is 7. The number of hydrogen-bond donors (Lipinski definition) is 2. The van der Waals surface area contributed by atoms with E-state index < -0.39 is 11.0 Å². The van der Waals surface area contributed by atoms with E-state index >= 15 is 0 Å². The van der Waals surface area contributed by atoms with Crippen LogP contribution in [0.15, 0.2) is 53.7 Å². The van der Waals surface area contributed by atoms with E-state index in [0.29, 0.717) is 33.8 Å².